The van der Waals surface area contributed by atoms with Gasteiger partial charge in [0.1, 0.15) is 21.7 Å². The molecule has 2 aliphatic rings. The molecule has 2 N–H and O–H groups in total. The fraction of sp³-hybridized carbons (Fsp3) is 0.0500. The second-order valence-corrected chi connectivity index (χ2v) is 7.94. The van der Waals surface area contributed by atoms with Gasteiger partial charge in [-0.3, -0.25) is 0 Å². The molecule has 5 rings (SSSR count). The molecular formula is C20H10Br2O5. The summed E-state index contributed by atoms with van der Waals surface area (Å²) in [6.07, 6.45) is 0. The molecule has 2 aliphatic heterocycles. The minimum atomic E-state index is -1.25. The first-order valence-electron chi connectivity index (χ1n) is 7.99. The van der Waals surface area contributed by atoms with E-state index in [0.717, 1.165) is 0 Å². The first-order valence-corrected chi connectivity index (χ1v) is 9.57. The minimum Gasteiger partial charge on any atom is -0.508 e. The zero-order valence-corrected chi connectivity index (χ0v) is 16.7. The Morgan fingerprint density at radius 1 is 0.926 bits per heavy atom. The maximum Gasteiger partial charge on any atom is 0.341 e. The Morgan fingerprint density at radius 2 is 1.70 bits per heavy atom. The smallest absolute Gasteiger partial charge is 0.341 e. The van der Waals surface area contributed by atoms with E-state index in [4.69, 9.17) is 9.47 Å². The van der Waals surface area contributed by atoms with Gasteiger partial charge < -0.3 is 19.7 Å². The third kappa shape index (κ3) is 2.06. The third-order valence-electron chi connectivity index (χ3n) is 4.86. The van der Waals surface area contributed by atoms with Gasteiger partial charge in [0.25, 0.3) is 0 Å². The van der Waals surface area contributed by atoms with E-state index >= 15 is 0 Å². The average molecular weight is 490 g/mol. The molecule has 0 bridgehead atoms. The van der Waals surface area contributed by atoms with Crippen molar-refractivity contribution in [1.29, 1.82) is 0 Å². The van der Waals surface area contributed by atoms with Gasteiger partial charge in [-0.2, -0.15) is 0 Å². The number of phenols is 2. The molecular weight excluding hydrogens is 480 g/mol. The van der Waals surface area contributed by atoms with Crippen molar-refractivity contribution in [3.63, 3.8) is 0 Å². The highest BCUT2D eigenvalue weighted by molar-refractivity contribution is 9.11. The lowest BCUT2D eigenvalue weighted by Crippen LogP contribution is -2.33. The van der Waals surface area contributed by atoms with Crippen LogP contribution in [0.3, 0.4) is 0 Å². The zero-order valence-electron chi connectivity index (χ0n) is 13.5. The number of fused-ring (bicyclic) bond motifs is 6. The number of phenolic OH excluding ortho intramolecular Hbond substituents is 2. The molecule has 0 amide bonds. The summed E-state index contributed by atoms with van der Waals surface area (Å²) in [6.45, 7) is 0. The normalized spacial score (nSPS) is 19.1. The third-order valence-corrected chi connectivity index (χ3v) is 6.28. The van der Waals surface area contributed by atoms with Crippen molar-refractivity contribution in [3.8, 4) is 23.0 Å². The zero-order chi connectivity index (χ0) is 18.9. The van der Waals surface area contributed by atoms with Crippen LogP contribution in [0.25, 0.3) is 0 Å². The van der Waals surface area contributed by atoms with Gasteiger partial charge in [-0.1, -0.05) is 12.1 Å². The van der Waals surface area contributed by atoms with Gasteiger partial charge in [0.05, 0.1) is 5.56 Å². The lowest BCUT2D eigenvalue weighted by Gasteiger charge is -2.37. The Balaban J connectivity index is 1.94. The van der Waals surface area contributed by atoms with Crippen LogP contribution in [0.2, 0.25) is 0 Å². The molecule has 2 heterocycles. The summed E-state index contributed by atoms with van der Waals surface area (Å²) in [5.41, 5.74) is 1.03. The summed E-state index contributed by atoms with van der Waals surface area (Å²) in [5.74, 6) is 0.213. The van der Waals surface area contributed by atoms with Gasteiger partial charge in [0.2, 0.25) is 0 Å². The molecule has 0 aromatic heterocycles. The van der Waals surface area contributed by atoms with Crippen molar-refractivity contribution in [2.75, 3.05) is 0 Å². The van der Waals surface area contributed by atoms with E-state index in [9.17, 15) is 15.0 Å². The van der Waals surface area contributed by atoms with Crippen LogP contribution in [0.5, 0.6) is 23.0 Å². The van der Waals surface area contributed by atoms with E-state index in [1.807, 2.05) is 12.1 Å². The van der Waals surface area contributed by atoms with E-state index in [0.29, 0.717) is 42.7 Å². The molecule has 27 heavy (non-hydrogen) atoms. The van der Waals surface area contributed by atoms with Gasteiger partial charge in [0, 0.05) is 27.2 Å². The molecule has 0 saturated carbocycles. The first-order chi connectivity index (χ1) is 12.9. The summed E-state index contributed by atoms with van der Waals surface area (Å²) in [7, 11) is 0. The number of hydrogen-bond acceptors (Lipinski definition) is 5. The monoisotopic (exact) mass is 488 g/mol. The Bertz CT molecular complexity index is 1160. The lowest BCUT2D eigenvalue weighted by atomic mass is 9.77. The van der Waals surface area contributed by atoms with Crippen LogP contribution in [-0.2, 0) is 10.3 Å². The highest BCUT2D eigenvalue weighted by atomic mass is 79.9. The largest absolute Gasteiger partial charge is 0.508 e. The quantitative estimate of drug-likeness (QED) is 0.425. The van der Waals surface area contributed by atoms with Gasteiger partial charge in [-0.25, -0.2) is 4.79 Å². The Labute approximate surface area is 170 Å². The predicted octanol–water partition coefficient (Wildman–Crippen LogP) is 5.19. The average Bonchev–Trinajstić information content (AvgIpc) is 2.93. The molecule has 1 unspecified atom stereocenters. The number of esters is 1. The molecule has 134 valence electrons. The molecule has 7 heteroatoms. The van der Waals surface area contributed by atoms with E-state index in [2.05, 4.69) is 31.9 Å². The summed E-state index contributed by atoms with van der Waals surface area (Å²) >= 11 is 6.78. The number of carbonyl (C=O) groups is 1. The molecule has 0 radical (unpaired) electrons. The van der Waals surface area contributed by atoms with Gasteiger partial charge in [-0.05, 0) is 62.2 Å². The molecule has 3 aromatic rings. The lowest BCUT2D eigenvalue weighted by molar-refractivity contribution is 0.0223. The Morgan fingerprint density at radius 3 is 2.52 bits per heavy atom. The molecule has 3 aromatic carbocycles. The van der Waals surface area contributed by atoms with E-state index in [1.165, 1.54) is 18.2 Å². The van der Waals surface area contributed by atoms with Gasteiger partial charge in [0.15, 0.2) is 11.4 Å². The fourth-order valence-corrected chi connectivity index (χ4v) is 4.69. The predicted molar refractivity (Wildman–Crippen MR) is 103 cm³/mol. The minimum absolute atomic E-state index is 0.00806. The van der Waals surface area contributed by atoms with Crippen LogP contribution in [-0.4, -0.2) is 16.2 Å². The Hall–Kier alpha value is -2.51. The standard InChI is InChI=1S/C20H10Br2O5/c21-13-3-1-2-11-16(13)19(25)27-20(11)10-5-4-9(23)8-15(10)26-18-12(20)6-7-14(24)17(18)22/h1-8,23-24H. The number of hydrogen-bond donors (Lipinski definition) is 2. The van der Waals surface area contributed by atoms with E-state index in [-0.39, 0.29) is 11.5 Å². The molecule has 1 atom stereocenters. The van der Waals surface area contributed by atoms with Crippen molar-refractivity contribution in [2.45, 2.75) is 5.60 Å². The molecule has 5 nitrogen and oxygen atoms in total. The highest BCUT2D eigenvalue weighted by Gasteiger charge is 2.54. The highest BCUT2D eigenvalue weighted by Crippen LogP contribution is 2.59. The second-order valence-electron chi connectivity index (χ2n) is 6.29. The number of benzene rings is 3. The second kappa shape index (κ2) is 5.50. The van der Waals surface area contributed by atoms with Crippen LogP contribution in [0, 0.1) is 0 Å². The molecule has 1 spiro atoms. The number of rotatable bonds is 0. The van der Waals surface area contributed by atoms with Crippen molar-refractivity contribution in [2.24, 2.45) is 0 Å². The van der Waals surface area contributed by atoms with E-state index in [1.54, 1.807) is 18.2 Å². The Kier molecular flexibility index (Phi) is 3.39. The number of carbonyl (C=O) groups excluding carboxylic acids is 1. The van der Waals surface area contributed by atoms with Crippen LogP contribution in [0.1, 0.15) is 27.0 Å². The van der Waals surface area contributed by atoms with Crippen molar-refractivity contribution >= 4 is 37.8 Å². The van der Waals surface area contributed by atoms with Gasteiger partial charge >= 0.3 is 5.97 Å². The molecule has 0 aliphatic carbocycles. The number of ether oxygens (including phenoxy) is 2. The SMILES string of the molecule is O=C1OC2(c3ccc(O)cc3Oc3c2ccc(O)c3Br)c2cccc(Br)c21. The van der Waals surface area contributed by atoms with Crippen molar-refractivity contribution < 1.29 is 24.5 Å². The van der Waals surface area contributed by atoms with E-state index < -0.39 is 11.6 Å². The van der Waals surface area contributed by atoms with Crippen LogP contribution in [0.4, 0.5) is 0 Å². The van der Waals surface area contributed by atoms with Crippen molar-refractivity contribution in [3.05, 3.63) is 79.7 Å². The van der Waals surface area contributed by atoms with Crippen LogP contribution >= 0.6 is 31.9 Å². The molecule has 0 saturated heterocycles. The summed E-state index contributed by atoms with van der Waals surface area (Å²) < 4.78 is 12.9. The van der Waals surface area contributed by atoms with Crippen LogP contribution < -0.4 is 4.74 Å². The van der Waals surface area contributed by atoms with Gasteiger partial charge in [-0.15, -0.1) is 0 Å². The maximum atomic E-state index is 12.8. The number of halogens is 2. The first kappa shape index (κ1) is 16.6. The number of aromatic hydroxyl groups is 2. The summed E-state index contributed by atoms with van der Waals surface area (Å²) in [6, 6.07) is 13.3. The van der Waals surface area contributed by atoms with Crippen LogP contribution in [0.15, 0.2) is 57.5 Å². The molecule has 0 fully saturated rings. The fourth-order valence-electron chi connectivity index (χ4n) is 3.73. The maximum absolute atomic E-state index is 12.8. The van der Waals surface area contributed by atoms with Crippen molar-refractivity contribution in [1.82, 2.24) is 0 Å². The summed E-state index contributed by atoms with van der Waals surface area (Å²) in [4.78, 5) is 12.8. The topological polar surface area (TPSA) is 76.0 Å². The summed E-state index contributed by atoms with van der Waals surface area (Å²) in [5, 5.41) is 20.0.